The number of aryl methyl sites for hydroxylation is 3. The van der Waals surface area contributed by atoms with Crippen LogP contribution in [-0.2, 0) is 11.8 Å². The molecule has 1 saturated heterocycles. The lowest BCUT2D eigenvalue weighted by Crippen LogP contribution is -2.41. The van der Waals surface area contributed by atoms with Crippen molar-refractivity contribution in [3.63, 3.8) is 0 Å². The summed E-state index contributed by atoms with van der Waals surface area (Å²) in [5.74, 6) is 0.392. The van der Waals surface area contributed by atoms with Crippen molar-refractivity contribution in [2.24, 2.45) is 7.05 Å². The molecule has 1 aromatic carbocycles. The predicted molar refractivity (Wildman–Crippen MR) is 100.0 cm³/mol. The lowest BCUT2D eigenvalue weighted by molar-refractivity contribution is 0.0204. The number of aromatic nitrogens is 2. The molecule has 136 valence electrons. The molecule has 5 nitrogen and oxygen atoms in total. The number of hydrogen-bond donors (Lipinski definition) is 0. The molecule has 2 heterocycles. The maximum absolute atomic E-state index is 12.2. The lowest BCUT2D eigenvalue weighted by Gasteiger charge is -2.33. The van der Waals surface area contributed by atoms with Gasteiger partial charge in [0.2, 0.25) is 0 Å². The highest BCUT2D eigenvalue weighted by Gasteiger charge is 2.29. The Hall–Kier alpha value is -2.04. The number of amides is 1. The predicted octanol–water partition coefficient (Wildman–Crippen LogP) is 4.30. The van der Waals surface area contributed by atoms with Crippen molar-refractivity contribution in [3.8, 4) is 0 Å². The highest BCUT2D eigenvalue weighted by atomic mass is 16.6. The van der Waals surface area contributed by atoms with Crippen LogP contribution < -0.4 is 0 Å². The van der Waals surface area contributed by atoms with Crippen LogP contribution in [0.15, 0.2) is 12.1 Å². The molecular formula is C20H29N3O2. The van der Waals surface area contributed by atoms with Crippen molar-refractivity contribution in [1.29, 1.82) is 0 Å². The maximum atomic E-state index is 12.2. The molecule has 3 rings (SSSR count). The number of piperidine rings is 1. The monoisotopic (exact) mass is 343 g/mol. The van der Waals surface area contributed by atoms with Crippen LogP contribution in [0.3, 0.4) is 0 Å². The van der Waals surface area contributed by atoms with Gasteiger partial charge in [-0.1, -0.05) is 6.07 Å². The van der Waals surface area contributed by atoms with Gasteiger partial charge in [-0.3, -0.25) is 4.68 Å². The van der Waals surface area contributed by atoms with Crippen LogP contribution in [0.2, 0.25) is 0 Å². The summed E-state index contributed by atoms with van der Waals surface area (Å²) in [7, 11) is 2.01. The van der Waals surface area contributed by atoms with Gasteiger partial charge in [-0.2, -0.15) is 5.10 Å². The smallest absolute Gasteiger partial charge is 0.410 e. The maximum Gasteiger partial charge on any atom is 0.410 e. The largest absolute Gasteiger partial charge is 0.444 e. The third-order valence-electron chi connectivity index (χ3n) is 4.85. The quantitative estimate of drug-likeness (QED) is 0.775. The molecule has 5 heteroatoms. The Kier molecular flexibility index (Phi) is 4.52. The third-order valence-corrected chi connectivity index (χ3v) is 4.85. The number of carbonyl (C=O) groups is 1. The van der Waals surface area contributed by atoms with Gasteiger partial charge in [0.15, 0.2) is 0 Å². The summed E-state index contributed by atoms with van der Waals surface area (Å²) in [6, 6.07) is 4.43. The molecule has 0 bridgehead atoms. The van der Waals surface area contributed by atoms with Gasteiger partial charge in [0, 0.05) is 31.4 Å². The molecule has 0 saturated carbocycles. The van der Waals surface area contributed by atoms with Crippen LogP contribution in [-0.4, -0.2) is 39.5 Å². The molecule has 1 fully saturated rings. The van der Waals surface area contributed by atoms with Gasteiger partial charge in [-0.15, -0.1) is 0 Å². The summed E-state index contributed by atoms with van der Waals surface area (Å²) >= 11 is 0. The highest BCUT2D eigenvalue weighted by molar-refractivity contribution is 5.86. The summed E-state index contributed by atoms with van der Waals surface area (Å²) in [4.78, 5) is 14.1. The van der Waals surface area contributed by atoms with Gasteiger partial charge in [-0.05, 0) is 64.7 Å². The van der Waals surface area contributed by atoms with E-state index in [0.717, 1.165) is 25.9 Å². The van der Waals surface area contributed by atoms with E-state index in [2.05, 4.69) is 26.0 Å². The Labute approximate surface area is 149 Å². The van der Waals surface area contributed by atoms with E-state index in [4.69, 9.17) is 9.84 Å². The molecule has 0 atom stereocenters. The summed E-state index contributed by atoms with van der Waals surface area (Å²) in [6.07, 6.45) is 1.65. The molecule has 1 aliphatic rings. The van der Waals surface area contributed by atoms with Crippen LogP contribution in [0, 0.1) is 13.8 Å². The summed E-state index contributed by atoms with van der Waals surface area (Å²) < 4.78 is 7.48. The average Bonchev–Trinajstić information content (AvgIpc) is 2.83. The van der Waals surface area contributed by atoms with Crippen LogP contribution >= 0.6 is 0 Å². The first-order chi connectivity index (χ1) is 11.7. The van der Waals surface area contributed by atoms with Gasteiger partial charge in [0.25, 0.3) is 0 Å². The molecule has 0 aliphatic carbocycles. The van der Waals surface area contributed by atoms with Crippen molar-refractivity contribution in [2.75, 3.05) is 13.1 Å². The molecule has 0 radical (unpaired) electrons. The number of benzene rings is 1. The molecule has 0 unspecified atom stereocenters. The van der Waals surface area contributed by atoms with E-state index in [1.807, 2.05) is 37.4 Å². The van der Waals surface area contributed by atoms with E-state index in [0.29, 0.717) is 5.92 Å². The SMILES string of the molecule is Cc1cc(C)c2c(C3CCN(C(=O)OC(C)(C)C)CC3)nn(C)c2c1. The zero-order valence-electron chi connectivity index (χ0n) is 16.2. The van der Waals surface area contributed by atoms with Crippen LogP contribution in [0.5, 0.6) is 0 Å². The summed E-state index contributed by atoms with van der Waals surface area (Å²) in [5, 5.41) is 6.11. The van der Waals surface area contributed by atoms with Crippen molar-refractivity contribution in [1.82, 2.24) is 14.7 Å². The molecule has 2 aromatic rings. The van der Waals surface area contributed by atoms with E-state index in [1.165, 1.54) is 27.7 Å². The second kappa shape index (κ2) is 6.36. The Morgan fingerprint density at radius 3 is 2.44 bits per heavy atom. The van der Waals surface area contributed by atoms with Crippen molar-refractivity contribution < 1.29 is 9.53 Å². The molecule has 1 amide bonds. The van der Waals surface area contributed by atoms with E-state index in [-0.39, 0.29) is 6.09 Å². The number of rotatable bonds is 1. The number of likely N-dealkylation sites (tertiary alicyclic amines) is 1. The van der Waals surface area contributed by atoms with Gasteiger partial charge in [0.05, 0.1) is 11.2 Å². The number of ether oxygens (including phenoxy) is 1. The van der Waals surface area contributed by atoms with Gasteiger partial charge in [0.1, 0.15) is 5.60 Å². The first-order valence-electron chi connectivity index (χ1n) is 9.07. The van der Waals surface area contributed by atoms with Crippen molar-refractivity contribution >= 4 is 17.0 Å². The minimum absolute atomic E-state index is 0.205. The third kappa shape index (κ3) is 3.65. The number of fused-ring (bicyclic) bond motifs is 1. The average molecular weight is 343 g/mol. The Balaban J connectivity index is 1.78. The highest BCUT2D eigenvalue weighted by Crippen LogP contribution is 2.34. The second-order valence-corrected chi connectivity index (χ2v) is 8.23. The van der Waals surface area contributed by atoms with Crippen molar-refractivity contribution in [3.05, 3.63) is 29.0 Å². The van der Waals surface area contributed by atoms with E-state index in [1.54, 1.807) is 0 Å². The minimum Gasteiger partial charge on any atom is -0.444 e. The Bertz CT molecular complexity index is 793. The molecule has 25 heavy (non-hydrogen) atoms. The van der Waals surface area contributed by atoms with E-state index >= 15 is 0 Å². The minimum atomic E-state index is -0.444. The molecule has 1 aromatic heterocycles. The molecule has 0 spiro atoms. The van der Waals surface area contributed by atoms with E-state index in [9.17, 15) is 4.79 Å². The zero-order chi connectivity index (χ0) is 18.4. The van der Waals surface area contributed by atoms with Gasteiger partial charge in [-0.25, -0.2) is 4.79 Å². The first-order valence-corrected chi connectivity index (χ1v) is 9.07. The van der Waals surface area contributed by atoms with Crippen LogP contribution in [0.1, 0.15) is 56.4 Å². The van der Waals surface area contributed by atoms with Crippen molar-refractivity contribution in [2.45, 2.75) is 59.0 Å². The fourth-order valence-corrected chi connectivity index (χ4v) is 3.75. The number of carbonyl (C=O) groups excluding carboxylic acids is 1. The Morgan fingerprint density at radius 1 is 1.20 bits per heavy atom. The Morgan fingerprint density at radius 2 is 1.84 bits per heavy atom. The van der Waals surface area contributed by atoms with Crippen LogP contribution in [0.4, 0.5) is 4.79 Å². The topological polar surface area (TPSA) is 47.4 Å². The lowest BCUT2D eigenvalue weighted by atomic mass is 9.90. The summed E-state index contributed by atoms with van der Waals surface area (Å²) in [6.45, 7) is 11.5. The molecule has 0 N–H and O–H groups in total. The fourth-order valence-electron chi connectivity index (χ4n) is 3.75. The zero-order valence-corrected chi connectivity index (χ0v) is 16.2. The number of hydrogen-bond acceptors (Lipinski definition) is 3. The first kappa shape index (κ1) is 17.8. The van der Waals surface area contributed by atoms with E-state index < -0.39 is 5.60 Å². The standard InChI is InChI=1S/C20H29N3O2/c1-13-11-14(2)17-16(12-13)22(6)21-18(17)15-7-9-23(10-8-15)19(24)25-20(3,4)5/h11-12,15H,7-10H2,1-6H3. The fraction of sp³-hybridized carbons (Fsp3) is 0.600. The summed E-state index contributed by atoms with van der Waals surface area (Å²) in [5.41, 5.74) is 4.48. The second-order valence-electron chi connectivity index (χ2n) is 8.23. The van der Waals surface area contributed by atoms with Crippen LogP contribution in [0.25, 0.3) is 10.9 Å². The normalized spacial score (nSPS) is 16.5. The van der Waals surface area contributed by atoms with Gasteiger partial charge >= 0.3 is 6.09 Å². The number of nitrogens with zero attached hydrogens (tertiary/aromatic N) is 3. The van der Waals surface area contributed by atoms with Gasteiger partial charge < -0.3 is 9.64 Å². The molecular weight excluding hydrogens is 314 g/mol. The molecule has 1 aliphatic heterocycles.